The molecule has 1 unspecified atom stereocenters. The summed E-state index contributed by atoms with van der Waals surface area (Å²) in [7, 11) is 1.09. The molecule has 0 saturated heterocycles. The fraction of sp³-hybridized carbons (Fsp3) is 0.250. The summed E-state index contributed by atoms with van der Waals surface area (Å²) >= 11 is 5.61. The summed E-state index contributed by atoms with van der Waals surface area (Å²) in [5.74, 6) is -0.741. The van der Waals surface area contributed by atoms with Crippen molar-refractivity contribution in [2.24, 2.45) is 0 Å². The summed E-state index contributed by atoms with van der Waals surface area (Å²) < 4.78 is 34.5. The summed E-state index contributed by atoms with van der Waals surface area (Å²) in [6.45, 7) is 0. The van der Waals surface area contributed by atoms with E-state index < -0.39 is 21.0 Å². The molecule has 0 aliphatic heterocycles. The monoisotopic (exact) mass is 256 g/mol. The highest BCUT2D eigenvalue weighted by molar-refractivity contribution is 8.13. The molecule has 1 aromatic rings. The van der Waals surface area contributed by atoms with Gasteiger partial charge in [-0.15, -0.1) is 0 Å². The first-order valence-electron chi connectivity index (χ1n) is 3.70. The molecule has 0 bridgehead atoms. The van der Waals surface area contributed by atoms with Crippen molar-refractivity contribution in [3.63, 3.8) is 0 Å². The highest BCUT2D eigenvalue weighted by Gasteiger charge is 2.18. The second kappa shape index (κ2) is 4.47. The zero-order valence-electron chi connectivity index (χ0n) is 6.95. The van der Waals surface area contributed by atoms with E-state index in [0.717, 1.165) is 0 Å². The Hall–Kier alpha value is -0.320. The van der Waals surface area contributed by atoms with Crippen molar-refractivity contribution in [3.8, 4) is 0 Å². The summed E-state index contributed by atoms with van der Waals surface area (Å²) in [6.07, 6.45) is -1.64. The van der Waals surface area contributed by atoms with Crippen molar-refractivity contribution in [2.75, 3.05) is 5.75 Å². The summed E-state index contributed by atoms with van der Waals surface area (Å²) in [5, 5.41) is 0.358. The molecule has 0 amide bonds. The zero-order chi connectivity index (χ0) is 10.8. The highest BCUT2D eigenvalue weighted by Crippen LogP contribution is 2.23. The van der Waals surface area contributed by atoms with Gasteiger partial charge in [-0.1, -0.05) is 23.7 Å². The van der Waals surface area contributed by atoms with Crippen molar-refractivity contribution >= 4 is 31.3 Å². The van der Waals surface area contributed by atoms with E-state index in [9.17, 15) is 12.8 Å². The quantitative estimate of drug-likeness (QED) is 0.780. The number of hydrogen-bond donors (Lipinski definition) is 0. The van der Waals surface area contributed by atoms with Gasteiger partial charge >= 0.3 is 0 Å². The van der Waals surface area contributed by atoms with Gasteiger partial charge in [-0.25, -0.2) is 12.8 Å². The Morgan fingerprint density at radius 2 is 2.07 bits per heavy atom. The summed E-state index contributed by atoms with van der Waals surface area (Å²) in [4.78, 5) is 0. The topological polar surface area (TPSA) is 34.1 Å². The van der Waals surface area contributed by atoms with Crippen LogP contribution in [0.15, 0.2) is 24.3 Å². The molecule has 0 N–H and O–H groups in total. The Kier molecular flexibility index (Phi) is 3.75. The average Bonchev–Trinajstić information content (AvgIpc) is 2.01. The maximum absolute atomic E-state index is 13.3. The average molecular weight is 257 g/mol. The Morgan fingerprint density at radius 1 is 1.43 bits per heavy atom. The molecule has 78 valence electrons. The van der Waals surface area contributed by atoms with Crippen LogP contribution in [0.5, 0.6) is 0 Å². The van der Waals surface area contributed by atoms with E-state index in [1.807, 2.05) is 0 Å². The van der Waals surface area contributed by atoms with E-state index >= 15 is 0 Å². The van der Waals surface area contributed by atoms with Crippen molar-refractivity contribution in [3.05, 3.63) is 34.9 Å². The van der Waals surface area contributed by atoms with Gasteiger partial charge in [0.05, 0.1) is 0 Å². The molecule has 1 atom stereocenters. The Morgan fingerprint density at radius 3 is 2.57 bits per heavy atom. The van der Waals surface area contributed by atoms with E-state index in [4.69, 9.17) is 22.3 Å². The molecule has 0 aliphatic carbocycles. The first kappa shape index (κ1) is 11.8. The van der Waals surface area contributed by atoms with Crippen LogP contribution in [-0.4, -0.2) is 14.2 Å². The molecule has 0 radical (unpaired) electrons. The van der Waals surface area contributed by atoms with Crippen LogP contribution in [0.4, 0.5) is 4.39 Å². The fourth-order valence-corrected chi connectivity index (χ4v) is 2.05. The zero-order valence-corrected chi connectivity index (χ0v) is 9.28. The van der Waals surface area contributed by atoms with Crippen LogP contribution in [-0.2, 0) is 9.05 Å². The van der Waals surface area contributed by atoms with Gasteiger partial charge in [-0.05, 0) is 17.7 Å². The summed E-state index contributed by atoms with van der Waals surface area (Å²) in [6, 6.07) is 5.95. The number of halogens is 3. The molecular weight excluding hydrogens is 250 g/mol. The number of rotatable bonds is 3. The lowest BCUT2D eigenvalue weighted by Crippen LogP contribution is -2.05. The first-order chi connectivity index (χ1) is 6.38. The van der Waals surface area contributed by atoms with Crippen LogP contribution in [0, 0.1) is 0 Å². The van der Waals surface area contributed by atoms with Gasteiger partial charge in [0.1, 0.15) is 11.9 Å². The molecule has 0 spiro atoms. The number of alkyl halides is 1. The molecule has 0 saturated carbocycles. The van der Waals surface area contributed by atoms with Crippen molar-refractivity contribution in [1.82, 2.24) is 0 Å². The van der Waals surface area contributed by atoms with Crippen molar-refractivity contribution < 1.29 is 12.8 Å². The predicted octanol–water partition coefficient (Wildman–Crippen LogP) is 2.92. The third-order valence-electron chi connectivity index (χ3n) is 1.56. The largest absolute Gasteiger partial charge is 0.241 e. The fourth-order valence-electron chi connectivity index (χ4n) is 0.972. The van der Waals surface area contributed by atoms with Crippen LogP contribution in [0.3, 0.4) is 0 Å². The molecule has 0 aliphatic rings. The van der Waals surface area contributed by atoms with Gasteiger partial charge in [-0.2, -0.15) is 0 Å². The minimum Gasteiger partial charge on any atom is -0.241 e. The van der Waals surface area contributed by atoms with Crippen LogP contribution in [0.25, 0.3) is 0 Å². The van der Waals surface area contributed by atoms with Crippen LogP contribution >= 0.6 is 22.3 Å². The lowest BCUT2D eigenvalue weighted by atomic mass is 10.1. The van der Waals surface area contributed by atoms with Crippen molar-refractivity contribution in [2.45, 2.75) is 6.17 Å². The van der Waals surface area contributed by atoms with Gasteiger partial charge < -0.3 is 0 Å². The van der Waals surface area contributed by atoms with Crippen LogP contribution in [0.1, 0.15) is 11.7 Å². The highest BCUT2D eigenvalue weighted by atomic mass is 35.7. The normalized spacial score (nSPS) is 13.9. The minimum absolute atomic E-state index is 0.210. The van der Waals surface area contributed by atoms with E-state index in [1.54, 1.807) is 12.1 Å². The van der Waals surface area contributed by atoms with E-state index in [0.29, 0.717) is 5.02 Å². The third-order valence-corrected chi connectivity index (χ3v) is 2.86. The molecule has 0 heterocycles. The summed E-state index contributed by atoms with van der Waals surface area (Å²) in [5.41, 5.74) is 0.210. The Labute approximate surface area is 91.1 Å². The minimum atomic E-state index is -3.83. The van der Waals surface area contributed by atoms with Crippen molar-refractivity contribution in [1.29, 1.82) is 0 Å². The molecular formula is C8H7Cl2FO2S. The Balaban J connectivity index is 2.85. The second-order valence-electron chi connectivity index (χ2n) is 2.73. The molecule has 0 fully saturated rings. The molecule has 2 nitrogen and oxygen atoms in total. The third kappa shape index (κ3) is 3.82. The lowest BCUT2D eigenvalue weighted by Gasteiger charge is -2.05. The molecule has 1 aromatic carbocycles. The van der Waals surface area contributed by atoms with E-state index in [-0.39, 0.29) is 5.56 Å². The predicted molar refractivity (Wildman–Crippen MR) is 54.9 cm³/mol. The van der Waals surface area contributed by atoms with Gasteiger partial charge in [0, 0.05) is 15.7 Å². The first-order valence-corrected chi connectivity index (χ1v) is 6.56. The lowest BCUT2D eigenvalue weighted by molar-refractivity contribution is 0.375. The number of benzene rings is 1. The molecule has 6 heteroatoms. The standard InChI is InChI=1S/C8H7Cl2FO2S/c9-7-3-1-2-6(4-7)8(11)5-14(10,12)13/h1-4,8H,5H2. The Bertz CT molecular complexity index is 419. The smallest absolute Gasteiger partial charge is 0.235 e. The molecule has 1 rings (SSSR count). The van der Waals surface area contributed by atoms with Gasteiger partial charge in [0.2, 0.25) is 9.05 Å². The van der Waals surface area contributed by atoms with Gasteiger partial charge in [-0.3, -0.25) is 0 Å². The van der Waals surface area contributed by atoms with E-state index in [2.05, 4.69) is 0 Å². The maximum atomic E-state index is 13.3. The van der Waals surface area contributed by atoms with Crippen LogP contribution < -0.4 is 0 Å². The second-order valence-corrected chi connectivity index (χ2v) is 5.99. The van der Waals surface area contributed by atoms with Gasteiger partial charge in [0.15, 0.2) is 0 Å². The molecule has 14 heavy (non-hydrogen) atoms. The van der Waals surface area contributed by atoms with Gasteiger partial charge in [0.25, 0.3) is 0 Å². The maximum Gasteiger partial charge on any atom is 0.235 e. The molecule has 0 aromatic heterocycles. The van der Waals surface area contributed by atoms with E-state index in [1.165, 1.54) is 12.1 Å². The SMILES string of the molecule is O=S(=O)(Cl)CC(F)c1cccc(Cl)c1. The van der Waals surface area contributed by atoms with Crippen LogP contribution in [0.2, 0.25) is 5.02 Å². The number of hydrogen-bond acceptors (Lipinski definition) is 2.